The molecule has 0 aliphatic heterocycles. The van der Waals surface area contributed by atoms with Crippen LogP contribution in [-0.4, -0.2) is 35.9 Å². The maximum atomic E-state index is 14.1. The van der Waals surface area contributed by atoms with E-state index in [0.717, 1.165) is 17.8 Å². The highest BCUT2D eigenvalue weighted by molar-refractivity contribution is 6.02. The van der Waals surface area contributed by atoms with Gasteiger partial charge < -0.3 is 20.7 Å². The molecular weight excluding hydrogens is 331 g/mol. The quantitative estimate of drug-likeness (QED) is 0.587. The number of hydrogen-bond acceptors (Lipinski definition) is 4. The van der Waals surface area contributed by atoms with Gasteiger partial charge in [-0.25, -0.2) is 4.39 Å². The summed E-state index contributed by atoms with van der Waals surface area (Å²) in [7, 11) is 2.03. The van der Waals surface area contributed by atoms with Crippen LogP contribution in [0.3, 0.4) is 0 Å². The van der Waals surface area contributed by atoms with Crippen LogP contribution in [0.2, 0.25) is 0 Å². The van der Waals surface area contributed by atoms with Gasteiger partial charge in [0.2, 0.25) is 0 Å². The summed E-state index contributed by atoms with van der Waals surface area (Å²) in [6.07, 6.45) is 2.40. The van der Waals surface area contributed by atoms with E-state index >= 15 is 0 Å². The fraction of sp³-hybridized carbons (Fsp3) is 0.250. The van der Waals surface area contributed by atoms with Gasteiger partial charge in [0, 0.05) is 30.4 Å². The second-order valence-electron chi connectivity index (χ2n) is 6.36. The van der Waals surface area contributed by atoms with Crippen molar-refractivity contribution in [3.63, 3.8) is 0 Å². The first-order valence-corrected chi connectivity index (χ1v) is 8.57. The van der Waals surface area contributed by atoms with Crippen LogP contribution in [0, 0.1) is 5.82 Å². The number of aromatic hydroxyl groups is 1. The molecule has 5 nitrogen and oxygen atoms in total. The Labute approximate surface area is 152 Å². The van der Waals surface area contributed by atoms with Gasteiger partial charge in [-0.1, -0.05) is 6.07 Å². The second kappa shape index (κ2) is 7.58. The van der Waals surface area contributed by atoms with E-state index in [4.69, 9.17) is 5.73 Å². The fourth-order valence-corrected chi connectivity index (χ4v) is 2.94. The molecule has 1 atom stereocenters. The normalized spacial score (nSPS) is 12.8. The standard InChI is InChI=1S/C20H23FN4O/c1-13(10-11-22)25(2)15-8-6-14(7-9-15)23-12-16-19-17(21)4-3-5-18(19)24-20(16)26/h3-9,12-13,24,26H,10-11,22H2,1-2H3. The zero-order chi connectivity index (χ0) is 18.7. The minimum absolute atomic E-state index is 0.0965. The molecule has 3 rings (SSSR count). The Balaban J connectivity index is 1.83. The third-order valence-electron chi connectivity index (χ3n) is 4.64. The molecule has 0 amide bonds. The Bertz CT molecular complexity index is 917. The van der Waals surface area contributed by atoms with E-state index in [1.54, 1.807) is 12.1 Å². The molecule has 0 bridgehead atoms. The van der Waals surface area contributed by atoms with Crippen molar-refractivity contribution in [1.29, 1.82) is 0 Å². The number of nitrogens with zero attached hydrogens (tertiary/aromatic N) is 2. The van der Waals surface area contributed by atoms with Crippen molar-refractivity contribution in [2.24, 2.45) is 10.7 Å². The van der Waals surface area contributed by atoms with Crippen LogP contribution in [0.1, 0.15) is 18.9 Å². The molecule has 0 saturated heterocycles. The summed E-state index contributed by atoms with van der Waals surface area (Å²) < 4.78 is 14.1. The van der Waals surface area contributed by atoms with Gasteiger partial charge in [-0.15, -0.1) is 0 Å². The van der Waals surface area contributed by atoms with Crippen molar-refractivity contribution in [3.8, 4) is 5.88 Å². The molecular formula is C20H23FN4O. The maximum absolute atomic E-state index is 14.1. The fourth-order valence-electron chi connectivity index (χ4n) is 2.94. The van der Waals surface area contributed by atoms with E-state index in [2.05, 4.69) is 21.8 Å². The van der Waals surface area contributed by atoms with Crippen molar-refractivity contribution in [3.05, 3.63) is 53.8 Å². The number of aliphatic imine (C=N–C) groups is 1. The molecule has 0 saturated carbocycles. The van der Waals surface area contributed by atoms with Crippen LogP contribution in [0.15, 0.2) is 47.5 Å². The topological polar surface area (TPSA) is 77.6 Å². The molecule has 6 heteroatoms. The summed E-state index contributed by atoms with van der Waals surface area (Å²) in [4.78, 5) is 9.30. The van der Waals surface area contributed by atoms with Crippen LogP contribution in [0.4, 0.5) is 15.8 Å². The third-order valence-corrected chi connectivity index (χ3v) is 4.64. The highest BCUT2D eigenvalue weighted by Gasteiger charge is 2.13. The number of aromatic amines is 1. The van der Waals surface area contributed by atoms with Crippen LogP contribution in [0.5, 0.6) is 5.88 Å². The SMILES string of the molecule is CC(CCN)N(C)c1ccc(N=Cc2c(O)[nH]c3cccc(F)c23)cc1. The minimum atomic E-state index is -0.397. The highest BCUT2D eigenvalue weighted by Crippen LogP contribution is 2.28. The predicted octanol–water partition coefficient (Wildman–Crippen LogP) is 3.94. The zero-order valence-electron chi connectivity index (χ0n) is 14.9. The molecule has 3 aromatic rings. The number of hydrogen-bond donors (Lipinski definition) is 3. The summed E-state index contributed by atoms with van der Waals surface area (Å²) in [5.74, 6) is -0.493. The van der Waals surface area contributed by atoms with E-state index in [9.17, 15) is 9.50 Å². The van der Waals surface area contributed by atoms with Gasteiger partial charge in [0.05, 0.1) is 16.8 Å². The molecule has 0 fully saturated rings. The number of rotatable bonds is 6. The average molecular weight is 354 g/mol. The van der Waals surface area contributed by atoms with Crippen molar-refractivity contribution in [2.45, 2.75) is 19.4 Å². The van der Waals surface area contributed by atoms with E-state index in [-0.39, 0.29) is 5.88 Å². The van der Waals surface area contributed by atoms with E-state index in [1.807, 2.05) is 31.3 Å². The number of aromatic nitrogens is 1. The van der Waals surface area contributed by atoms with Crippen LogP contribution in [-0.2, 0) is 0 Å². The summed E-state index contributed by atoms with van der Waals surface area (Å²) in [6, 6.07) is 12.8. The summed E-state index contributed by atoms with van der Waals surface area (Å²) in [6.45, 7) is 2.78. The van der Waals surface area contributed by atoms with Gasteiger partial charge >= 0.3 is 0 Å². The number of nitrogens with two attached hydrogens (primary N) is 1. The van der Waals surface area contributed by atoms with Crippen molar-refractivity contribution < 1.29 is 9.50 Å². The third kappa shape index (κ3) is 3.55. The lowest BCUT2D eigenvalue weighted by Gasteiger charge is -2.26. The van der Waals surface area contributed by atoms with E-state index < -0.39 is 5.82 Å². The lowest BCUT2D eigenvalue weighted by atomic mass is 10.1. The maximum Gasteiger partial charge on any atom is 0.198 e. The lowest BCUT2D eigenvalue weighted by Crippen LogP contribution is -2.30. The number of H-pyrrole nitrogens is 1. The predicted molar refractivity (Wildman–Crippen MR) is 105 cm³/mol. The monoisotopic (exact) mass is 354 g/mol. The number of nitrogens with one attached hydrogen (secondary N) is 1. The number of halogens is 1. The Hall–Kier alpha value is -2.86. The molecule has 4 N–H and O–H groups in total. The lowest BCUT2D eigenvalue weighted by molar-refractivity contribution is 0.457. The number of benzene rings is 2. The van der Waals surface area contributed by atoms with Gasteiger partial charge in [0.15, 0.2) is 5.88 Å². The van der Waals surface area contributed by atoms with Gasteiger partial charge in [-0.05, 0) is 56.3 Å². The Kier molecular flexibility index (Phi) is 5.23. The van der Waals surface area contributed by atoms with Crippen LogP contribution >= 0.6 is 0 Å². The van der Waals surface area contributed by atoms with Gasteiger partial charge in [0.1, 0.15) is 5.82 Å². The molecule has 0 spiro atoms. The van der Waals surface area contributed by atoms with Crippen LogP contribution in [0.25, 0.3) is 10.9 Å². The average Bonchev–Trinajstić information content (AvgIpc) is 2.96. The molecule has 0 aliphatic rings. The molecule has 0 aliphatic carbocycles. The minimum Gasteiger partial charge on any atom is -0.494 e. The smallest absolute Gasteiger partial charge is 0.198 e. The van der Waals surface area contributed by atoms with Gasteiger partial charge in [-0.3, -0.25) is 4.99 Å². The number of anilines is 1. The molecule has 2 aromatic carbocycles. The molecule has 1 heterocycles. The Morgan fingerprint density at radius 2 is 2.00 bits per heavy atom. The second-order valence-corrected chi connectivity index (χ2v) is 6.36. The van der Waals surface area contributed by atoms with Gasteiger partial charge in [-0.2, -0.15) is 0 Å². The summed E-state index contributed by atoms with van der Waals surface area (Å²) in [5.41, 5.74) is 8.30. The number of fused-ring (bicyclic) bond motifs is 1. The molecule has 1 unspecified atom stereocenters. The first-order chi connectivity index (χ1) is 12.5. The molecule has 0 radical (unpaired) electrons. The molecule has 1 aromatic heterocycles. The molecule has 136 valence electrons. The summed E-state index contributed by atoms with van der Waals surface area (Å²) >= 11 is 0. The first kappa shape index (κ1) is 17.9. The molecule has 26 heavy (non-hydrogen) atoms. The highest BCUT2D eigenvalue weighted by atomic mass is 19.1. The van der Waals surface area contributed by atoms with Gasteiger partial charge in [0.25, 0.3) is 0 Å². The van der Waals surface area contributed by atoms with E-state index in [0.29, 0.717) is 29.1 Å². The largest absolute Gasteiger partial charge is 0.494 e. The van der Waals surface area contributed by atoms with Crippen LogP contribution < -0.4 is 10.6 Å². The zero-order valence-corrected chi connectivity index (χ0v) is 14.9. The Morgan fingerprint density at radius 3 is 2.69 bits per heavy atom. The summed E-state index contributed by atoms with van der Waals surface area (Å²) in [5, 5.41) is 10.4. The first-order valence-electron chi connectivity index (χ1n) is 8.57. The van der Waals surface area contributed by atoms with Crippen molar-refractivity contribution >= 4 is 28.5 Å². The Morgan fingerprint density at radius 1 is 1.27 bits per heavy atom. The van der Waals surface area contributed by atoms with Crippen molar-refractivity contribution in [2.75, 3.05) is 18.5 Å². The van der Waals surface area contributed by atoms with Crippen molar-refractivity contribution in [1.82, 2.24) is 4.98 Å². The van der Waals surface area contributed by atoms with E-state index in [1.165, 1.54) is 12.3 Å².